The number of hydrogen-bond donors (Lipinski definition) is 0. The molecule has 0 saturated heterocycles. The summed E-state index contributed by atoms with van der Waals surface area (Å²) in [7, 11) is -1.64. The Morgan fingerprint density at radius 3 is 1.44 bits per heavy atom. The Kier molecular flexibility index (Phi) is 5.11. The molecule has 0 atom stereocenters. The molecule has 0 spiro atoms. The monoisotopic (exact) mass is 270 g/mol. The second kappa shape index (κ2) is 5.66. The van der Waals surface area contributed by atoms with Gasteiger partial charge in [-0.15, -0.1) is 0 Å². The second-order valence-electron chi connectivity index (χ2n) is 7.62. The van der Waals surface area contributed by atoms with Gasteiger partial charge in [-0.25, -0.2) is 0 Å². The molecule has 1 rings (SSSR count). The molecule has 0 heterocycles. The zero-order chi connectivity index (χ0) is 14.1. The molecule has 2 heteroatoms. The van der Waals surface area contributed by atoms with Crippen LogP contribution in [-0.2, 0) is 4.43 Å². The molecule has 0 aromatic carbocycles. The molecule has 0 bridgehead atoms. The lowest BCUT2D eigenvalue weighted by atomic mass is 9.94. The molecular formula is C16H34OSi. The van der Waals surface area contributed by atoms with Crippen molar-refractivity contribution in [1.82, 2.24) is 0 Å². The molecule has 1 nitrogen and oxygen atoms in total. The molecule has 1 aliphatic carbocycles. The maximum atomic E-state index is 6.74. The molecule has 108 valence electrons. The Morgan fingerprint density at radius 2 is 1.22 bits per heavy atom. The third kappa shape index (κ3) is 2.85. The zero-order valence-corrected chi connectivity index (χ0v) is 14.8. The maximum absolute atomic E-state index is 6.74. The van der Waals surface area contributed by atoms with Crippen molar-refractivity contribution in [2.24, 2.45) is 11.3 Å². The minimum Gasteiger partial charge on any atom is -0.415 e. The lowest BCUT2D eigenvalue weighted by molar-refractivity contribution is 0.170. The van der Waals surface area contributed by atoms with Crippen LogP contribution in [0.2, 0.25) is 16.6 Å². The Bertz CT molecular complexity index is 242. The fourth-order valence-electron chi connectivity index (χ4n) is 3.82. The molecule has 0 radical (unpaired) electrons. The van der Waals surface area contributed by atoms with Crippen molar-refractivity contribution >= 4 is 8.32 Å². The van der Waals surface area contributed by atoms with E-state index < -0.39 is 8.32 Å². The molecule has 0 amide bonds. The molecule has 18 heavy (non-hydrogen) atoms. The van der Waals surface area contributed by atoms with Crippen molar-refractivity contribution in [3.05, 3.63) is 0 Å². The third-order valence-corrected chi connectivity index (χ3v) is 11.5. The van der Waals surface area contributed by atoms with Gasteiger partial charge in [-0.1, -0.05) is 55.4 Å². The minimum absolute atomic E-state index is 0.525. The summed E-state index contributed by atoms with van der Waals surface area (Å²) in [6.45, 7) is 20.0. The predicted octanol–water partition coefficient (Wildman–Crippen LogP) is 5.61. The smallest absolute Gasteiger partial charge is 0.200 e. The van der Waals surface area contributed by atoms with Gasteiger partial charge in [-0.3, -0.25) is 0 Å². The molecule has 0 unspecified atom stereocenters. The summed E-state index contributed by atoms with van der Waals surface area (Å²) < 4.78 is 6.74. The molecule has 0 aromatic heterocycles. The maximum Gasteiger partial charge on any atom is 0.200 e. The highest BCUT2D eigenvalue weighted by molar-refractivity contribution is 6.77. The highest BCUT2D eigenvalue weighted by Gasteiger charge is 2.50. The molecule has 0 aliphatic heterocycles. The highest BCUT2D eigenvalue weighted by Crippen LogP contribution is 2.54. The summed E-state index contributed by atoms with van der Waals surface area (Å²) in [5.41, 5.74) is 2.65. The van der Waals surface area contributed by atoms with Crippen molar-refractivity contribution < 1.29 is 4.43 Å². The summed E-state index contributed by atoms with van der Waals surface area (Å²) in [6, 6.07) is 0. The van der Waals surface area contributed by atoms with Crippen LogP contribution in [0.5, 0.6) is 0 Å². The Morgan fingerprint density at radius 1 is 0.833 bits per heavy atom. The van der Waals surface area contributed by atoms with Crippen LogP contribution in [0.25, 0.3) is 0 Å². The molecule has 1 fully saturated rings. The van der Waals surface area contributed by atoms with Crippen LogP contribution in [0.4, 0.5) is 0 Å². The molecule has 0 aromatic rings. The number of rotatable bonds is 7. The lowest BCUT2D eigenvalue weighted by Gasteiger charge is -2.43. The quantitative estimate of drug-likeness (QED) is 0.546. The molecular weight excluding hydrogens is 236 g/mol. The van der Waals surface area contributed by atoms with Crippen LogP contribution in [0, 0.1) is 11.3 Å². The van der Waals surface area contributed by atoms with Gasteiger partial charge in [0.05, 0.1) is 0 Å². The van der Waals surface area contributed by atoms with E-state index in [1.165, 1.54) is 12.8 Å². The molecule has 1 aliphatic rings. The average molecular weight is 271 g/mol. The minimum atomic E-state index is -1.64. The Balaban J connectivity index is 2.80. The van der Waals surface area contributed by atoms with Gasteiger partial charge in [0.25, 0.3) is 0 Å². The van der Waals surface area contributed by atoms with E-state index in [1.54, 1.807) is 0 Å². The first-order valence-electron chi connectivity index (χ1n) is 7.83. The molecule has 0 N–H and O–H groups in total. The van der Waals surface area contributed by atoms with Crippen molar-refractivity contribution in [2.45, 2.75) is 84.9 Å². The summed E-state index contributed by atoms with van der Waals surface area (Å²) in [6.07, 6.45) is 2.76. The first-order valence-corrected chi connectivity index (χ1v) is 9.97. The predicted molar refractivity (Wildman–Crippen MR) is 83.5 cm³/mol. The van der Waals surface area contributed by atoms with E-state index in [0.29, 0.717) is 22.0 Å². The van der Waals surface area contributed by atoms with E-state index >= 15 is 0 Å². The van der Waals surface area contributed by atoms with Crippen LogP contribution in [0.3, 0.4) is 0 Å². The van der Waals surface area contributed by atoms with Crippen LogP contribution < -0.4 is 0 Å². The van der Waals surface area contributed by atoms with Crippen molar-refractivity contribution in [3.63, 3.8) is 0 Å². The largest absolute Gasteiger partial charge is 0.415 e. The van der Waals surface area contributed by atoms with E-state index in [9.17, 15) is 0 Å². The van der Waals surface area contributed by atoms with E-state index in [0.717, 1.165) is 12.5 Å². The topological polar surface area (TPSA) is 9.23 Å². The normalized spacial score (nSPS) is 19.3. The van der Waals surface area contributed by atoms with Gasteiger partial charge in [0.15, 0.2) is 8.32 Å². The third-order valence-electron chi connectivity index (χ3n) is 5.43. The fraction of sp³-hybridized carbons (Fsp3) is 1.00. The standard InChI is InChI=1S/C16H34OSi/c1-12(2)16(9-10-16)11-17-18(13(3)4,14(5)6)15(7)8/h12-15H,9-11H2,1-8H3. The van der Waals surface area contributed by atoms with Crippen molar-refractivity contribution in [1.29, 1.82) is 0 Å². The fourth-order valence-corrected chi connectivity index (χ4v) is 9.36. The summed E-state index contributed by atoms with van der Waals surface area (Å²) in [5.74, 6) is 0.774. The van der Waals surface area contributed by atoms with Crippen molar-refractivity contribution in [2.75, 3.05) is 6.61 Å². The lowest BCUT2D eigenvalue weighted by Crippen LogP contribution is -2.49. The summed E-state index contributed by atoms with van der Waals surface area (Å²) >= 11 is 0. The summed E-state index contributed by atoms with van der Waals surface area (Å²) in [5, 5.41) is 0. The Hall–Kier alpha value is 0.177. The van der Waals surface area contributed by atoms with Gasteiger partial charge in [-0.05, 0) is 40.8 Å². The van der Waals surface area contributed by atoms with E-state index in [1.807, 2.05) is 0 Å². The van der Waals surface area contributed by atoms with Crippen molar-refractivity contribution in [3.8, 4) is 0 Å². The summed E-state index contributed by atoms with van der Waals surface area (Å²) in [4.78, 5) is 0. The van der Waals surface area contributed by atoms with E-state index in [-0.39, 0.29) is 0 Å². The SMILES string of the molecule is CC(C)C1(CO[Si](C(C)C)(C(C)C)C(C)C)CC1. The van der Waals surface area contributed by atoms with Crippen LogP contribution in [0.15, 0.2) is 0 Å². The first-order chi connectivity index (χ1) is 8.19. The van der Waals surface area contributed by atoms with Gasteiger partial charge in [0.1, 0.15) is 0 Å². The molecule has 1 saturated carbocycles. The second-order valence-corrected chi connectivity index (χ2v) is 13.1. The highest BCUT2D eigenvalue weighted by atomic mass is 28.4. The van der Waals surface area contributed by atoms with Crippen LogP contribution >= 0.6 is 0 Å². The average Bonchev–Trinajstić information content (AvgIpc) is 2.97. The Labute approximate surface area is 116 Å². The zero-order valence-electron chi connectivity index (χ0n) is 13.8. The van der Waals surface area contributed by atoms with Gasteiger partial charge in [0.2, 0.25) is 0 Å². The van der Waals surface area contributed by atoms with Gasteiger partial charge in [0, 0.05) is 6.61 Å². The van der Waals surface area contributed by atoms with E-state index in [2.05, 4.69) is 55.4 Å². The van der Waals surface area contributed by atoms with Gasteiger partial charge in [-0.2, -0.15) is 0 Å². The number of hydrogen-bond acceptors (Lipinski definition) is 1. The first kappa shape index (κ1) is 16.2. The van der Waals surface area contributed by atoms with Gasteiger partial charge >= 0.3 is 0 Å². The van der Waals surface area contributed by atoms with Crippen LogP contribution in [-0.4, -0.2) is 14.9 Å². The van der Waals surface area contributed by atoms with E-state index in [4.69, 9.17) is 4.43 Å². The van der Waals surface area contributed by atoms with Crippen LogP contribution in [0.1, 0.15) is 68.2 Å². The van der Waals surface area contributed by atoms with Gasteiger partial charge < -0.3 is 4.43 Å².